The minimum absolute atomic E-state index is 0.284. The van der Waals surface area contributed by atoms with Gasteiger partial charge in [0, 0.05) is 0 Å². The number of hydrogen-bond donors (Lipinski definition) is 3. The van der Waals surface area contributed by atoms with E-state index in [-0.39, 0.29) is 12.4 Å². The molecule has 0 saturated heterocycles. The van der Waals surface area contributed by atoms with Gasteiger partial charge in [0.25, 0.3) is 0 Å². The SMILES string of the molecule is COC(=O)C(N)Cc1ccccc1.N[C@@H](Cc1ccc2c(c1)OCCO2)C(=O)O. The molecule has 2 aromatic rings. The molecule has 0 spiro atoms. The Morgan fingerprint density at radius 2 is 1.59 bits per heavy atom. The van der Waals surface area contributed by atoms with Gasteiger partial charge in [-0.2, -0.15) is 0 Å². The molecule has 5 N–H and O–H groups in total. The molecule has 0 aromatic heterocycles. The zero-order valence-electron chi connectivity index (χ0n) is 16.2. The second-order valence-corrected chi connectivity index (χ2v) is 6.45. The van der Waals surface area contributed by atoms with E-state index in [4.69, 9.17) is 26.0 Å². The summed E-state index contributed by atoms with van der Waals surface area (Å²) >= 11 is 0. The number of rotatable bonds is 6. The number of fused-ring (bicyclic) bond motifs is 1. The molecular formula is C21H26N2O6. The van der Waals surface area contributed by atoms with Gasteiger partial charge in [0.1, 0.15) is 25.3 Å². The highest BCUT2D eigenvalue weighted by Crippen LogP contribution is 2.30. The van der Waals surface area contributed by atoms with Crippen LogP contribution in [0, 0.1) is 0 Å². The number of benzene rings is 2. The van der Waals surface area contributed by atoms with Gasteiger partial charge in [-0.25, -0.2) is 0 Å². The molecule has 2 atom stereocenters. The molecule has 0 fully saturated rings. The Morgan fingerprint density at radius 1 is 0.966 bits per heavy atom. The highest BCUT2D eigenvalue weighted by molar-refractivity contribution is 5.75. The summed E-state index contributed by atoms with van der Waals surface area (Å²) in [6.07, 6.45) is 0.805. The van der Waals surface area contributed by atoms with Crippen LogP contribution in [0.5, 0.6) is 11.5 Å². The standard InChI is InChI=1S/C11H13NO4.C10H13NO2/c12-8(11(13)14)5-7-1-2-9-10(6-7)16-4-3-15-9;1-13-10(12)9(11)7-8-5-3-2-4-6-8/h1-2,6,8H,3-5,12H2,(H,13,14);2-6,9H,7,11H2,1H3/t8-;/m0./s1. The zero-order valence-corrected chi connectivity index (χ0v) is 16.2. The second-order valence-electron chi connectivity index (χ2n) is 6.45. The Labute approximate surface area is 169 Å². The molecule has 2 aromatic carbocycles. The fourth-order valence-electron chi connectivity index (χ4n) is 2.66. The van der Waals surface area contributed by atoms with Crippen molar-refractivity contribution in [1.82, 2.24) is 0 Å². The smallest absolute Gasteiger partial charge is 0.322 e. The van der Waals surface area contributed by atoms with E-state index in [1.165, 1.54) is 7.11 Å². The van der Waals surface area contributed by atoms with E-state index in [0.29, 0.717) is 31.1 Å². The number of carboxylic acid groups (broad SMARTS) is 1. The molecule has 0 amide bonds. The zero-order chi connectivity index (χ0) is 21.2. The maximum atomic E-state index is 11.0. The van der Waals surface area contributed by atoms with Gasteiger partial charge in [0.05, 0.1) is 7.11 Å². The molecule has 8 nitrogen and oxygen atoms in total. The van der Waals surface area contributed by atoms with E-state index < -0.39 is 18.1 Å². The molecule has 0 saturated carbocycles. The van der Waals surface area contributed by atoms with Crippen LogP contribution >= 0.6 is 0 Å². The Balaban J connectivity index is 0.000000212. The lowest BCUT2D eigenvalue weighted by Crippen LogP contribution is -2.33. The van der Waals surface area contributed by atoms with Crippen LogP contribution in [0.1, 0.15) is 11.1 Å². The second kappa shape index (κ2) is 11.0. The number of ether oxygens (including phenoxy) is 3. The Bertz CT molecular complexity index is 812. The van der Waals surface area contributed by atoms with Gasteiger partial charge in [0.15, 0.2) is 11.5 Å². The third-order valence-electron chi connectivity index (χ3n) is 4.18. The number of carbonyl (C=O) groups is 2. The van der Waals surface area contributed by atoms with Crippen LogP contribution in [-0.4, -0.2) is 49.5 Å². The number of carbonyl (C=O) groups excluding carboxylic acids is 1. The van der Waals surface area contributed by atoms with Gasteiger partial charge in [-0.1, -0.05) is 36.4 Å². The molecule has 8 heteroatoms. The van der Waals surface area contributed by atoms with E-state index in [1.54, 1.807) is 18.2 Å². The summed E-state index contributed by atoms with van der Waals surface area (Å²) in [5, 5.41) is 8.70. The maximum absolute atomic E-state index is 11.0. The fraction of sp³-hybridized carbons (Fsp3) is 0.333. The highest BCUT2D eigenvalue weighted by Gasteiger charge is 2.16. The normalized spacial score (nSPS) is 14.0. The van der Waals surface area contributed by atoms with Crippen LogP contribution in [0.15, 0.2) is 48.5 Å². The van der Waals surface area contributed by atoms with E-state index in [2.05, 4.69) is 4.74 Å². The summed E-state index contributed by atoms with van der Waals surface area (Å²) in [5.41, 5.74) is 12.9. The topological polar surface area (TPSA) is 134 Å². The fourth-order valence-corrected chi connectivity index (χ4v) is 2.66. The minimum Gasteiger partial charge on any atom is -0.486 e. The monoisotopic (exact) mass is 402 g/mol. The molecule has 0 bridgehead atoms. The summed E-state index contributed by atoms with van der Waals surface area (Å²) < 4.78 is 15.3. The average Bonchev–Trinajstić information content (AvgIpc) is 2.74. The highest BCUT2D eigenvalue weighted by atomic mass is 16.6. The van der Waals surface area contributed by atoms with Crippen molar-refractivity contribution in [2.45, 2.75) is 24.9 Å². The molecule has 0 aliphatic carbocycles. The van der Waals surface area contributed by atoms with Crippen LogP contribution in [0.2, 0.25) is 0 Å². The molecule has 1 unspecified atom stereocenters. The Hall–Kier alpha value is -3.10. The van der Waals surface area contributed by atoms with Crippen LogP contribution in [0.3, 0.4) is 0 Å². The first kappa shape index (κ1) is 22.2. The quantitative estimate of drug-likeness (QED) is 0.613. The summed E-state index contributed by atoms with van der Waals surface area (Å²) in [4.78, 5) is 21.6. The third-order valence-corrected chi connectivity index (χ3v) is 4.18. The third kappa shape index (κ3) is 7.10. The molecule has 1 aliphatic heterocycles. The lowest BCUT2D eigenvalue weighted by molar-refractivity contribution is -0.142. The largest absolute Gasteiger partial charge is 0.486 e. The molecule has 3 rings (SSSR count). The van der Waals surface area contributed by atoms with E-state index in [0.717, 1.165) is 11.1 Å². The van der Waals surface area contributed by atoms with Crippen molar-refractivity contribution in [2.75, 3.05) is 20.3 Å². The van der Waals surface area contributed by atoms with Crippen molar-refractivity contribution in [1.29, 1.82) is 0 Å². The molecule has 29 heavy (non-hydrogen) atoms. The summed E-state index contributed by atoms with van der Waals surface area (Å²) in [6.45, 7) is 1.06. The van der Waals surface area contributed by atoms with Crippen LogP contribution in [0.25, 0.3) is 0 Å². The number of hydrogen-bond acceptors (Lipinski definition) is 7. The van der Waals surface area contributed by atoms with Crippen molar-refractivity contribution in [3.63, 3.8) is 0 Å². The predicted molar refractivity (Wildman–Crippen MR) is 107 cm³/mol. The molecule has 1 heterocycles. The minimum atomic E-state index is -1.00. The van der Waals surface area contributed by atoms with Crippen molar-refractivity contribution in [3.8, 4) is 11.5 Å². The van der Waals surface area contributed by atoms with Gasteiger partial charge < -0.3 is 30.8 Å². The maximum Gasteiger partial charge on any atom is 0.322 e. The predicted octanol–water partition coefficient (Wildman–Crippen LogP) is 1.14. The molecular weight excluding hydrogens is 376 g/mol. The average molecular weight is 402 g/mol. The first-order valence-corrected chi connectivity index (χ1v) is 9.15. The van der Waals surface area contributed by atoms with Crippen molar-refractivity contribution in [3.05, 3.63) is 59.7 Å². The number of esters is 1. The van der Waals surface area contributed by atoms with Gasteiger partial charge in [-0.05, 0) is 36.1 Å². The first-order chi connectivity index (χ1) is 13.9. The van der Waals surface area contributed by atoms with Gasteiger partial charge in [-0.3, -0.25) is 9.59 Å². The summed E-state index contributed by atoms with van der Waals surface area (Å²) in [6, 6.07) is 13.5. The van der Waals surface area contributed by atoms with E-state index in [1.807, 2.05) is 30.3 Å². The Kier molecular flexibility index (Phi) is 8.45. The number of aliphatic carboxylic acids is 1. The molecule has 0 radical (unpaired) electrons. The molecule has 1 aliphatic rings. The van der Waals surface area contributed by atoms with Gasteiger partial charge in [-0.15, -0.1) is 0 Å². The van der Waals surface area contributed by atoms with E-state index in [9.17, 15) is 9.59 Å². The van der Waals surface area contributed by atoms with Crippen LogP contribution < -0.4 is 20.9 Å². The number of carboxylic acids is 1. The summed E-state index contributed by atoms with van der Waals surface area (Å²) in [5.74, 6) is -0.0287. The molecule has 156 valence electrons. The Morgan fingerprint density at radius 3 is 2.21 bits per heavy atom. The number of methoxy groups -OCH3 is 1. The van der Waals surface area contributed by atoms with Gasteiger partial charge in [0.2, 0.25) is 0 Å². The van der Waals surface area contributed by atoms with Crippen molar-refractivity contribution >= 4 is 11.9 Å². The van der Waals surface area contributed by atoms with Crippen molar-refractivity contribution < 1.29 is 28.9 Å². The van der Waals surface area contributed by atoms with E-state index >= 15 is 0 Å². The first-order valence-electron chi connectivity index (χ1n) is 9.15. The lowest BCUT2D eigenvalue weighted by atomic mass is 10.1. The summed E-state index contributed by atoms with van der Waals surface area (Å²) in [7, 11) is 1.34. The van der Waals surface area contributed by atoms with Crippen LogP contribution in [0.4, 0.5) is 0 Å². The number of nitrogens with two attached hydrogens (primary N) is 2. The van der Waals surface area contributed by atoms with Gasteiger partial charge >= 0.3 is 11.9 Å². The van der Waals surface area contributed by atoms with Crippen molar-refractivity contribution in [2.24, 2.45) is 11.5 Å². The lowest BCUT2D eigenvalue weighted by Gasteiger charge is -2.19. The van der Waals surface area contributed by atoms with Crippen LogP contribution in [-0.2, 0) is 27.2 Å².